The Labute approximate surface area is 70.4 Å². The maximum Gasteiger partial charge on any atom is 0.198 e. The Morgan fingerprint density at radius 3 is 3.08 bits per heavy atom. The normalized spacial score (nSPS) is 10.8. The predicted molar refractivity (Wildman–Crippen MR) is 45.9 cm³/mol. The van der Waals surface area contributed by atoms with E-state index in [0.29, 0.717) is 11.5 Å². The van der Waals surface area contributed by atoms with Gasteiger partial charge in [-0.05, 0) is 18.1 Å². The Bertz CT molecular complexity index is 406. The molecule has 0 saturated carbocycles. The van der Waals surface area contributed by atoms with Gasteiger partial charge in [-0.25, -0.2) is 4.98 Å². The minimum Gasteiger partial charge on any atom is -0.439 e. The molecular weight excluding hydrogens is 152 g/mol. The summed E-state index contributed by atoms with van der Waals surface area (Å²) in [5.74, 6) is 0.672. The van der Waals surface area contributed by atoms with E-state index < -0.39 is 0 Å². The lowest BCUT2D eigenvalue weighted by Crippen LogP contribution is -1.82. The van der Waals surface area contributed by atoms with Crippen LogP contribution in [0.4, 0.5) is 0 Å². The highest BCUT2D eigenvalue weighted by Crippen LogP contribution is 2.14. The molecule has 0 aliphatic rings. The Morgan fingerprint density at radius 2 is 2.33 bits per heavy atom. The third-order valence-corrected chi connectivity index (χ3v) is 1.82. The van der Waals surface area contributed by atoms with Crippen molar-refractivity contribution in [2.45, 2.75) is 20.3 Å². The van der Waals surface area contributed by atoms with Gasteiger partial charge in [0.1, 0.15) is 0 Å². The van der Waals surface area contributed by atoms with E-state index in [2.05, 4.69) is 16.9 Å². The van der Waals surface area contributed by atoms with Crippen molar-refractivity contribution in [1.29, 1.82) is 0 Å². The molecule has 0 spiro atoms. The Kier molecular flexibility index (Phi) is 1.57. The van der Waals surface area contributed by atoms with E-state index in [-0.39, 0.29) is 0 Å². The fourth-order valence-corrected chi connectivity index (χ4v) is 1.16. The van der Waals surface area contributed by atoms with Crippen LogP contribution in [0.2, 0.25) is 0 Å². The van der Waals surface area contributed by atoms with Gasteiger partial charge in [0.05, 0.1) is 0 Å². The topological polar surface area (TPSA) is 38.9 Å². The fourth-order valence-electron chi connectivity index (χ4n) is 1.16. The van der Waals surface area contributed by atoms with Crippen LogP contribution >= 0.6 is 0 Å². The molecule has 2 aromatic rings. The van der Waals surface area contributed by atoms with E-state index >= 15 is 0 Å². The molecule has 2 heterocycles. The highest BCUT2D eigenvalue weighted by molar-refractivity contribution is 5.68. The molecule has 2 aromatic heterocycles. The molecule has 3 nitrogen and oxygen atoms in total. The van der Waals surface area contributed by atoms with Gasteiger partial charge in [-0.15, -0.1) is 0 Å². The molecule has 0 bridgehead atoms. The quantitative estimate of drug-likeness (QED) is 0.644. The van der Waals surface area contributed by atoms with Gasteiger partial charge in [0.15, 0.2) is 17.1 Å². The standard InChI is InChI=1S/C9H10N2O/c1-3-7-4-8-9(10-5-7)11-6(2)12-8/h4-5H,3H2,1-2H3. The van der Waals surface area contributed by atoms with Crippen molar-refractivity contribution in [1.82, 2.24) is 9.97 Å². The maximum absolute atomic E-state index is 5.34. The number of aryl methyl sites for hydroxylation is 2. The number of fused-ring (bicyclic) bond motifs is 1. The van der Waals surface area contributed by atoms with Crippen LogP contribution < -0.4 is 0 Å². The van der Waals surface area contributed by atoms with Gasteiger partial charge in [-0.1, -0.05) is 6.92 Å². The first-order chi connectivity index (χ1) is 5.79. The molecular formula is C9H10N2O. The number of nitrogens with zero attached hydrogens (tertiary/aromatic N) is 2. The van der Waals surface area contributed by atoms with Gasteiger partial charge in [0, 0.05) is 13.1 Å². The summed E-state index contributed by atoms with van der Waals surface area (Å²) in [7, 11) is 0. The summed E-state index contributed by atoms with van der Waals surface area (Å²) in [5, 5.41) is 0. The summed E-state index contributed by atoms with van der Waals surface area (Å²) >= 11 is 0. The summed E-state index contributed by atoms with van der Waals surface area (Å²) in [6.45, 7) is 3.92. The SMILES string of the molecule is CCc1cnc2nc(C)oc2c1. The predicted octanol–water partition coefficient (Wildman–Crippen LogP) is 2.09. The van der Waals surface area contributed by atoms with Crippen molar-refractivity contribution in [3.05, 3.63) is 23.7 Å². The third kappa shape index (κ3) is 1.07. The van der Waals surface area contributed by atoms with Crippen molar-refractivity contribution < 1.29 is 4.42 Å². The second-order valence-corrected chi connectivity index (χ2v) is 2.75. The number of rotatable bonds is 1. The largest absolute Gasteiger partial charge is 0.439 e. The first-order valence-corrected chi connectivity index (χ1v) is 4.01. The highest BCUT2D eigenvalue weighted by Gasteiger charge is 2.02. The molecule has 12 heavy (non-hydrogen) atoms. The summed E-state index contributed by atoms with van der Waals surface area (Å²) in [6, 6.07) is 1.99. The molecule has 0 atom stereocenters. The minimum atomic E-state index is 0.672. The Hall–Kier alpha value is -1.38. The van der Waals surface area contributed by atoms with E-state index in [0.717, 1.165) is 12.0 Å². The number of oxazole rings is 1. The van der Waals surface area contributed by atoms with Crippen LogP contribution in [0.15, 0.2) is 16.7 Å². The number of pyridine rings is 1. The van der Waals surface area contributed by atoms with Crippen molar-refractivity contribution in [2.75, 3.05) is 0 Å². The molecule has 0 amide bonds. The first-order valence-electron chi connectivity index (χ1n) is 4.01. The fraction of sp³-hybridized carbons (Fsp3) is 0.333. The van der Waals surface area contributed by atoms with Gasteiger partial charge in [0.2, 0.25) is 0 Å². The molecule has 0 aromatic carbocycles. The van der Waals surface area contributed by atoms with Crippen LogP contribution in [0, 0.1) is 6.92 Å². The average Bonchev–Trinajstić information content (AvgIpc) is 2.43. The average molecular weight is 162 g/mol. The van der Waals surface area contributed by atoms with E-state index in [1.54, 1.807) is 0 Å². The minimum absolute atomic E-state index is 0.672. The van der Waals surface area contributed by atoms with Crippen molar-refractivity contribution in [3.63, 3.8) is 0 Å². The molecule has 0 aliphatic heterocycles. The zero-order valence-electron chi connectivity index (χ0n) is 7.16. The molecule has 0 radical (unpaired) electrons. The number of hydrogen-bond acceptors (Lipinski definition) is 3. The van der Waals surface area contributed by atoms with E-state index in [4.69, 9.17) is 4.42 Å². The summed E-state index contributed by atoms with van der Waals surface area (Å²) in [5.41, 5.74) is 2.66. The summed E-state index contributed by atoms with van der Waals surface area (Å²) < 4.78 is 5.34. The Morgan fingerprint density at radius 1 is 1.50 bits per heavy atom. The van der Waals surface area contributed by atoms with Gasteiger partial charge in [0.25, 0.3) is 0 Å². The molecule has 0 aliphatic carbocycles. The molecule has 0 saturated heterocycles. The van der Waals surface area contributed by atoms with Gasteiger partial charge in [-0.3, -0.25) is 0 Å². The first kappa shape index (κ1) is 7.28. The van der Waals surface area contributed by atoms with Gasteiger partial charge >= 0.3 is 0 Å². The number of hydrogen-bond donors (Lipinski definition) is 0. The van der Waals surface area contributed by atoms with Crippen LogP contribution in [0.25, 0.3) is 11.2 Å². The van der Waals surface area contributed by atoms with Crippen molar-refractivity contribution in [2.24, 2.45) is 0 Å². The molecule has 62 valence electrons. The molecule has 2 rings (SSSR count). The van der Waals surface area contributed by atoms with Crippen molar-refractivity contribution in [3.8, 4) is 0 Å². The van der Waals surface area contributed by atoms with E-state index in [9.17, 15) is 0 Å². The van der Waals surface area contributed by atoms with Crippen LogP contribution in [0.1, 0.15) is 18.4 Å². The Balaban J connectivity index is 2.66. The summed E-state index contributed by atoms with van der Waals surface area (Å²) in [4.78, 5) is 8.28. The monoisotopic (exact) mass is 162 g/mol. The molecule has 0 fully saturated rings. The molecule has 0 unspecified atom stereocenters. The lowest BCUT2D eigenvalue weighted by Gasteiger charge is -1.91. The van der Waals surface area contributed by atoms with Gasteiger partial charge in [-0.2, -0.15) is 4.98 Å². The van der Waals surface area contributed by atoms with E-state index in [1.807, 2.05) is 19.2 Å². The maximum atomic E-state index is 5.34. The highest BCUT2D eigenvalue weighted by atomic mass is 16.3. The van der Waals surface area contributed by atoms with Crippen LogP contribution in [-0.2, 0) is 6.42 Å². The van der Waals surface area contributed by atoms with E-state index in [1.165, 1.54) is 5.56 Å². The van der Waals surface area contributed by atoms with Crippen molar-refractivity contribution >= 4 is 11.2 Å². The summed E-state index contributed by atoms with van der Waals surface area (Å²) in [6.07, 6.45) is 2.81. The third-order valence-electron chi connectivity index (χ3n) is 1.82. The lowest BCUT2D eigenvalue weighted by atomic mass is 10.2. The van der Waals surface area contributed by atoms with Crippen LogP contribution in [-0.4, -0.2) is 9.97 Å². The second-order valence-electron chi connectivity index (χ2n) is 2.75. The smallest absolute Gasteiger partial charge is 0.198 e. The zero-order chi connectivity index (χ0) is 8.55. The van der Waals surface area contributed by atoms with Crippen LogP contribution in [0.3, 0.4) is 0 Å². The molecule has 3 heteroatoms. The van der Waals surface area contributed by atoms with Crippen LogP contribution in [0.5, 0.6) is 0 Å². The van der Waals surface area contributed by atoms with Gasteiger partial charge < -0.3 is 4.42 Å². The lowest BCUT2D eigenvalue weighted by molar-refractivity contribution is 0.560. The number of aromatic nitrogens is 2. The second kappa shape index (κ2) is 2.59. The zero-order valence-corrected chi connectivity index (χ0v) is 7.16. The molecule has 0 N–H and O–H groups in total.